The molecule has 0 aliphatic rings. The molecule has 0 fully saturated rings. The van der Waals surface area contributed by atoms with E-state index in [1.807, 2.05) is 68.4 Å². The SMILES string of the molecule is Cc1ccc(-c2noc(CCN(Cc3ccco3)CC(O)COc3ccccc3C)n2)cc1Cl. The van der Waals surface area contributed by atoms with Crippen molar-refractivity contribution in [1.29, 1.82) is 0 Å². The van der Waals surface area contributed by atoms with Gasteiger partial charge in [0, 0.05) is 30.1 Å². The molecule has 1 N–H and O–H groups in total. The maximum absolute atomic E-state index is 10.6. The molecule has 0 spiro atoms. The number of para-hydroxylation sites is 1. The van der Waals surface area contributed by atoms with E-state index in [0.717, 1.165) is 28.2 Å². The fourth-order valence-corrected chi connectivity index (χ4v) is 3.75. The maximum atomic E-state index is 10.6. The molecule has 2 aromatic carbocycles. The Hall–Kier alpha value is -3.13. The molecule has 0 saturated carbocycles. The zero-order valence-electron chi connectivity index (χ0n) is 19.3. The summed E-state index contributed by atoms with van der Waals surface area (Å²) in [4.78, 5) is 6.59. The fourth-order valence-electron chi connectivity index (χ4n) is 3.57. The van der Waals surface area contributed by atoms with Crippen LogP contribution in [0.5, 0.6) is 5.75 Å². The van der Waals surface area contributed by atoms with Gasteiger partial charge in [-0.1, -0.05) is 47.1 Å². The normalized spacial score (nSPS) is 12.3. The second kappa shape index (κ2) is 11.3. The summed E-state index contributed by atoms with van der Waals surface area (Å²) in [7, 11) is 0. The Labute approximate surface area is 203 Å². The molecular formula is C26H28ClN3O4. The Morgan fingerprint density at radius 1 is 1.09 bits per heavy atom. The van der Waals surface area contributed by atoms with Crippen molar-refractivity contribution in [2.75, 3.05) is 19.7 Å². The Balaban J connectivity index is 1.37. The molecular weight excluding hydrogens is 454 g/mol. The van der Waals surface area contributed by atoms with E-state index in [0.29, 0.717) is 42.8 Å². The molecule has 2 aromatic heterocycles. The summed E-state index contributed by atoms with van der Waals surface area (Å²) in [6.45, 7) is 5.66. The van der Waals surface area contributed by atoms with Crippen LogP contribution in [-0.4, -0.2) is 45.9 Å². The number of hydrogen-bond acceptors (Lipinski definition) is 7. The zero-order valence-corrected chi connectivity index (χ0v) is 20.0. The molecule has 1 unspecified atom stereocenters. The number of aliphatic hydroxyl groups is 1. The molecule has 0 saturated heterocycles. The first-order valence-corrected chi connectivity index (χ1v) is 11.6. The van der Waals surface area contributed by atoms with Crippen molar-refractivity contribution in [3.05, 3.63) is 88.7 Å². The van der Waals surface area contributed by atoms with Crippen molar-refractivity contribution in [3.8, 4) is 17.1 Å². The van der Waals surface area contributed by atoms with E-state index < -0.39 is 6.10 Å². The summed E-state index contributed by atoms with van der Waals surface area (Å²) in [6, 6.07) is 17.2. The van der Waals surface area contributed by atoms with Crippen LogP contribution in [0.4, 0.5) is 0 Å². The summed E-state index contributed by atoms with van der Waals surface area (Å²) >= 11 is 6.23. The molecule has 7 nitrogen and oxygen atoms in total. The molecule has 34 heavy (non-hydrogen) atoms. The van der Waals surface area contributed by atoms with Gasteiger partial charge in [-0.3, -0.25) is 4.90 Å². The number of halogens is 1. The minimum Gasteiger partial charge on any atom is -0.491 e. The first-order valence-electron chi connectivity index (χ1n) is 11.2. The van der Waals surface area contributed by atoms with E-state index >= 15 is 0 Å². The number of hydrogen-bond donors (Lipinski definition) is 1. The molecule has 2 heterocycles. The van der Waals surface area contributed by atoms with Gasteiger partial charge < -0.3 is 18.8 Å². The van der Waals surface area contributed by atoms with Crippen LogP contribution in [0.15, 0.2) is 69.8 Å². The number of furan rings is 1. The molecule has 0 amide bonds. The number of aryl methyl sites for hydroxylation is 2. The van der Waals surface area contributed by atoms with Crippen molar-refractivity contribution in [2.24, 2.45) is 0 Å². The fraction of sp³-hybridized carbons (Fsp3) is 0.308. The number of rotatable bonds is 11. The van der Waals surface area contributed by atoms with Crippen molar-refractivity contribution >= 4 is 11.6 Å². The predicted octanol–water partition coefficient (Wildman–Crippen LogP) is 5.08. The lowest BCUT2D eigenvalue weighted by Crippen LogP contribution is -2.36. The van der Waals surface area contributed by atoms with Crippen molar-refractivity contribution in [2.45, 2.75) is 32.9 Å². The van der Waals surface area contributed by atoms with Gasteiger partial charge in [0.2, 0.25) is 11.7 Å². The number of ether oxygens (including phenoxy) is 1. The summed E-state index contributed by atoms with van der Waals surface area (Å²) in [5, 5.41) is 15.4. The highest BCUT2D eigenvalue weighted by Gasteiger charge is 2.17. The van der Waals surface area contributed by atoms with Gasteiger partial charge in [-0.15, -0.1) is 0 Å². The zero-order chi connectivity index (χ0) is 23.9. The van der Waals surface area contributed by atoms with Crippen LogP contribution < -0.4 is 4.74 Å². The van der Waals surface area contributed by atoms with Gasteiger partial charge in [0.05, 0.1) is 12.8 Å². The standard InChI is InChI=1S/C26H28ClN3O4/c1-18-9-10-20(14-23(18)27)26-28-25(34-29-26)11-12-30(16-22-7-5-13-32-22)15-21(31)17-33-24-8-4-3-6-19(24)2/h3-10,13-14,21,31H,11-12,15-17H2,1-2H3. The lowest BCUT2D eigenvalue weighted by atomic mass is 10.1. The Kier molecular flexibility index (Phi) is 8.00. The van der Waals surface area contributed by atoms with E-state index in [-0.39, 0.29) is 6.61 Å². The smallest absolute Gasteiger partial charge is 0.228 e. The molecule has 0 aliphatic carbocycles. The summed E-state index contributed by atoms with van der Waals surface area (Å²) in [5.74, 6) is 2.60. The topological polar surface area (TPSA) is 84.8 Å². The van der Waals surface area contributed by atoms with Crippen LogP contribution in [-0.2, 0) is 13.0 Å². The summed E-state index contributed by atoms with van der Waals surface area (Å²) < 4.78 is 16.8. The molecule has 0 aliphatic heterocycles. The van der Waals surface area contributed by atoms with Gasteiger partial charge >= 0.3 is 0 Å². The van der Waals surface area contributed by atoms with Crippen LogP contribution in [0.25, 0.3) is 11.4 Å². The second-order valence-corrected chi connectivity index (χ2v) is 8.68. The third-order valence-corrected chi connectivity index (χ3v) is 5.90. The van der Waals surface area contributed by atoms with Crippen LogP contribution in [0.1, 0.15) is 22.8 Å². The quantitative estimate of drug-likeness (QED) is 0.319. The average molecular weight is 482 g/mol. The maximum Gasteiger partial charge on any atom is 0.228 e. The molecule has 4 rings (SSSR count). The first-order chi connectivity index (χ1) is 16.5. The second-order valence-electron chi connectivity index (χ2n) is 8.27. The molecule has 0 radical (unpaired) electrons. The van der Waals surface area contributed by atoms with E-state index in [1.54, 1.807) is 6.26 Å². The van der Waals surface area contributed by atoms with Crippen LogP contribution in [0.3, 0.4) is 0 Å². The Morgan fingerprint density at radius 2 is 1.94 bits per heavy atom. The van der Waals surface area contributed by atoms with Crippen LogP contribution in [0.2, 0.25) is 5.02 Å². The number of benzene rings is 2. The van der Waals surface area contributed by atoms with Crippen molar-refractivity contribution in [3.63, 3.8) is 0 Å². The molecule has 178 valence electrons. The van der Waals surface area contributed by atoms with E-state index in [2.05, 4.69) is 15.0 Å². The van der Waals surface area contributed by atoms with E-state index in [4.69, 9.17) is 25.3 Å². The number of aliphatic hydroxyl groups excluding tert-OH is 1. The first kappa shape index (κ1) is 24.0. The molecule has 8 heteroatoms. The largest absolute Gasteiger partial charge is 0.491 e. The molecule has 0 bridgehead atoms. The minimum absolute atomic E-state index is 0.193. The minimum atomic E-state index is -0.678. The predicted molar refractivity (Wildman–Crippen MR) is 130 cm³/mol. The third-order valence-electron chi connectivity index (χ3n) is 5.49. The van der Waals surface area contributed by atoms with Gasteiger partial charge in [0.25, 0.3) is 0 Å². The summed E-state index contributed by atoms with van der Waals surface area (Å²) in [6.07, 6.45) is 1.49. The van der Waals surface area contributed by atoms with Gasteiger partial charge in [-0.05, 0) is 49.2 Å². The molecule has 4 aromatic rings. The monoisotopic (exact) mass is 481 g/mol. The van der Waals surface area contributed by atoms with Crippen LogP contribution >= 0.6 is 11.6 Å². The van der Waals surface area contributed by atoms with Gasteiger partial charge in [0.15, 0.2) is 0 Å². The summed E-state index contributed by atoms with van der Waals surface area (Å²) in [5.41, 5.74) is 2.83. The van der Waals surface area contributed by atoms with E-state index in [1.165, 1.54) is 0 Å². The van der Waals surface area contributed by atoms with Gasteiger partial charge in [-0.25, -0.2) is 0 Å². The van der Waals surface area contributed by atoms with Gasteiger partial charge in [-0.2, -0.15) is 4.98 Å². The lowest BCUT2D eigenvalue weighted by Gasteiger charge is -2.24. The lowest BCUT2D eigenvalue weighted by molar-refractivity contribution is 0.0627. The number of aromatic nitrogens is 2. The number of nitrogens with zero attached hydrogens (tertiary/aromatic N) is 3. The van der Waals surface area contributed by atoms with Gasteiger partial charge in [0.1, 0.15) is 24.2 Å². The van der Waals surface area contributed by atoms with E-state index in [9.17, 15) is 5.11 Å². The molecule has 1 atom stereocenters. The Morgan fingerprint density at radius 3 is 2.71 bits per heavy atom. The Bertz CT molecular complexity index is 1190. The highest BCUT2D eigenvalue weighted by atomic mass is 35.5. The third kappa shape index (κ3) is 6.47. The highest BCUT2D eigenvalue weighted by Crippen LogP contribution is 2.23. The highest BCUT2D eigenvalue weighted by molar-refractivity contribution is 6.31. The van der Waals surface area contributed by atoms with Crippen molar-refractivity contribution in [1.82, 2.24) is 15.0 Å². The van der Waals surface area contributed by atoms with Crippen LogP contribution in [0, 0.1) is 13.8 Å². The van der Waals surface area contributed by atoms with Crippen molar-refractivity contribution < 1.29 is 18.8 Å². The average Bonchev–Trinajstić information content (AvgIpc) is 3.51.